The molecule has 0 spiro atoms. The van der Waals surface area contributed by atoms with Crippen molar-refractivity contribution in [3.05, 3.63) is 57.5 Å². The second-order valence-corrected chi connectivity index (χ2v) is 8.84. The van der Waals surface area contributed by atoms with Crippen LogP contribution in [0.25, 0.3) is 6.08 Å². The molecule has 0 fully saturated rings. The summed E-state index contributed by atoms with van der Waals surface area (Å²) in [6.07, 6.45) is 7.30. The summed E-state index contributed by atoms with van der Waals surface area (Å²) in [6, 6.07) is 8.15. The third kappa shape index (κ3) is 4.53. The molecule has 1 aromatic carbocycles. The molecule has 1 aliphatic carbocycles. The van der Waals surface area contributed by atoms with Gasteiger partial charge in [-0.2, -0.15) is 0 Å². The first-order chi connectivity index (χ1) is 13.4. The topological polar surface area (TPSA) is 72.2 Å². The minimum absolute atomic E-state index is 0.249. The van der Waals surface area contributed by atoms with Gasteiger partial charge in [-0.05, 0) is 53.9 Å². The molecule has 4 nitrogen and oxygen atoms in total. The molecule has 0 bridgehead atoms. The number of anilines is 1. The zero-order chi connectivity index (χ0) is 20.3. The van der Waals surface area contributed by atoms with Crippen LogP contribution in [-0.2, 0) is 17.6 Å². The fourth-order valence-corrected chi connectivity index (χ4v) is 5.04. The first-order valence-corrected chi connectivity index (χ1v) is 10.7. The van der Waals surface area contributed by atoms with Crippen LogP contribution in [0.5, 0.6) is 0 Å². The summed E-state index contributed by atoms with van der Waals surface area (Å²) >= 11 is 1.50. The van der Waals surface area contributed by atoms with Crippen molar-refractivity contribution in [2.45, 2.75) is 52.4 Å². The molecule has 3 rings (SSSR count). The van der Waals surface area contributed by atoms with Gasteiger partial charge in [-0.1, -0.05) is 51.5 Å². The molecule has 0 saturated carbocycles. The van der Waals surface area contributed by atoms with Crippen molar-refractivity contribution in [3.63, 3.8) is 0 Å². The lowest BCUT2D eigenvalue weighted by molar-refractivity contribution is -0.111. The minimum atomic E-state index is -0.462. The van der Waals surface area contributed by atoms with Crippen LogP contribution >= 0.6 is 11.3 Å². The molecule has 0 saturated heterocycles. The molecule has 1 heterocycles. The molecule has 1 aromatic heterocycles. The maximum absolute atomic E-state index is 12.4. The van der Waals surface area contributed by atoms with Gasteiger partial charge in [0.2, 0.25) is 5.91 Å². The zero-order valence-electron chi connectivity index (χ0n) is 16.7. The molecule has 0 unspecified atom stereocenters. The van der Waals surface area contributed by atoms with Gasteiger partial charge in [0, 0.05) is 11.0 Å². The fraction of sp³-hybridized carbons (Fsp3) is 0.391. The van der Waals surface area contributed by atoms with E-state index >= 15 is 0 Å². The first kappa shape index (κ1) is 20.3. The van der Waals surface area contributed by atoms with E-state index in [2.05, 4.69) is 38.2 Å². The minimum Gasteiger partial charge on any atom is -0.365 e. The highest BCUT2D eigenvalue weighted by atomic mass is 32.1. The van der Waals surface area contributed by atoms with Gasteiger partial charge in [0.25, 0.3) is 5.91 Å². The lowest BCUT2D eigenvalue weighted by Gasteiger charge is -2.20. The number of fused-ring (bicyclic) bond motifs is 1. The standard InChI is InChI=1S/C23H28N2O2S/c1-4-15-7-11-18-19(13-15)28-23(21(18)22(24)27)25-20(26)12-8-16-5-9-17(10-6-16)14(2)3/h5-6,8-10,12,14-15H,4,7,11,13H2,1-3H3,(H2,24,27)(H,25,26)/b12-8+/t15-/m1/s1. The van der Waals surface area contributed by atoms with E-state index in [1.807, 2.05) is 12.1 Å². The van der Waals surface area contributed by atoms with Crippen molar-refractivity contribution in [1.82, 2.24) is 0 Å². The number of carbonyl (C=O) groups is 2. The molecule has 28 heavy (non-hydrogen) atoms. The Bertz CT molecular complexity index is 894. The lowest BCUT2D eigenvalue weighted by atomic mass is 9.85. The summed E-state index contributed by atoms with van der Waals surface area (Å²) in [5.74, 6) is 0.409. The molecule has 148 valence electrons. The quantitative estimate of drug-likeness (QED) is 0.664. The Labute approximate surface area is 170 Å². The molecular weight excluding hydrogens is 368 g/mol. The van der Waals surface area contributed by atoms with Gasteiger partial charge in [0.1, 0.15) is 5.00 Å². The van der Waals surface area contributed by atoms with Gasteiger partial charge in [0.05, 0.1) is 5.56 Å². The van der Waals surface area contributed by atoms with Gasteiger partial charge in [-0.25, -0.2) is 0 Å². The predicted octanol–water partition coefficient (Wildman–Crippen LogP) is 5.14. The number of benzene rings is 1. The Morgan fingerprint density at radius 3 is 2.61 bits per heavy atom. The van der Waals surface area contributed by atoms with Crippen LogP contribution in [0.4, 0.5) is 5.00 Å². The van der Waals surface area contributed by atoms with Crippen LogP contribution in [0.2, 0.25) is 0 Å². The summed E-state index contributed by atoms with van der Waals surface area (Å²) in [5.41, 5.74) is 9.39. The van der Waals surface area contributed by atoms with Gasteiger partial charge in [-0.3, -0.25) is 9.59 Å². The van der Waals surface area contributed by atoms with Crippen LogP contribution in [-0.4, -0.2) is 11.8 Å². The molecule has 0 aliphatic heterocycles. The number of nitrogens with two attached hydrogens (primary N) is 1. The van der Waals surface area contributed by atoms with E-state index in [4.69, 9.17) is 5.73 Å². The van der Waals surface area contributed by atoms with Crippen LogP contribution in [0, 0.1) is 5.92 Å². The molecule has 0 radical (unpaired) electrons. The third-order valence-corrected chi connectivity index (χ3v) is 6.63. The normalized spacial score (nSPS) is 16.4. The van der Waals surface area contributed by atoms with Gasteiger partial charge >= 0.3 is 0 Å². The highest BCUT2D eigenvalue weighted by Crippen LogP contribution is 2.40. The van der Waals surface area contributed by atoms with Crippen molar-refractivity contribution in [2.24, 2.45) is 11.7 Å². The maximum Gasteiger partial charge on any atom is 0.251 e. The van der Waals surface area contributed by atoms with Crippen LogP contribution in [0.1, 0.15) is 71.5 Å². The van der Waals surface area contributed by atoms with E-state index in [-0.39, 0.29) is 5.91 Å². The zero-order valence-corrected chi connectivity index (χ0v) is 17.6. The van der Waals surface area contributed by atoms with E-state index in [1.54, 1.807) is 6.08 Å². The van der Waals surface area contributed by atoms with Crippen LogP contribution in [0.3, 0.4) is 0 Å². The summed E-state index contributed by atoms with van der Waals surface area (Å²) in [7, 11) is 0. The average molecular weight is 397 g/mol. The third-order valence-electron chi connectivity index (χ3n) is 5.46. The SMILES string of the molecule is CC[C@@H]1CCc2c(sc(NC(=O)/C=C/c3ccc(C(C)C)cc3)c2C(N)=O)C1. The Kier molecular flexibility index (Phi) is 6.35. The Morgan fingerprint density at radius 2 is 2.00 bits per heavy atom. The summed E-state index contributed by atoms with van der Waals surface area (Å²) in [4.78, 5) is 25.6. The largest absolute Gasteiger partial charge is 0.365 e. The Balaban J connectivity index is 1.75. The smallest absolute Gasteiger partial charge is 0.251 e. The van der Waals surface area contributed by atoms with E-state index in [1.165, 1.54) is 27.9 Å². The molecule has 1 atom stereocenters. The van der Waals surface area contributed by atoms with Gasteiger partial charge in [-0.15, -0.1) is 11.3 Å². The number of thiophene rings is 1. The molecule has 2 amide bonds. The second kappa shape index (κ2) is 8.74. The van der Waals surface area contributed by atoms with Gasteiger partial charge in [0.15, 0.2) is 0 Å². The number of hydrogen-bond donors (Lipinski definition) is 2. The monoisotopic (exact) mass is 396 g/mol. The second-order valence-electron chi connectivity index (χ2n) is 7.73. The fourth-order valence-electron chi connectivity index (χ4n) is 3.67. The highest BCUT2D eigenvalue weighted by Gasteiger charge is 2.27. The number of amides is 2. The summed E-state index contributed by atoms with van der Waals surface area (Å²) < 4.78 is 0. The van der Waals surface area contributed by atoms with E-state index in [0.29, 0.717) is 22.4 Å². The van der Waals surface area contributed by atoms with E-state index < -0.39 is 5.91 Å². The van der Waals surface area contributed by atoms with Crippen molar-refractivity contribution in [2.75, 3.05) is 5.32 Å². The Hall–Kier alpha value is -2.40. The Morgan fingerprint density at radius 1 is 1.29 bits per heavy atom. The molecule has 5 heteroatoms. The molecule has 3 N–H and O–H groups in total. The molecule has 1 aliphatic rings. The molecule has 2 aromatic rings. The van der Waals surface area contributed by atoms with Crippen molar-refractivity contribution in [1.29, 1.82) is 0 Å². The number of primary amides is 1. The van der Waals surface area contributed by atoms with Crippen molar-refractivity contribution < 1.29 is 9.59 Å². The maximum atomic E-state index is 12.4. The van der Waals surface area contributed by atoms with Crippen LogP contribution < -0.4 is 11.1 Å². The number of hydrogen-bond acceptors (Lipinski definition) is 3. The number of nitrogens with one attached hydrogen (secondary N) is 1. The summed E-state index contributed by atoms with van der Waals surface area (Å²) in [6.45, 7) is 6.50. The van der Waals surface area contributed by atoms with Crippen molar-refractivity contribution >= 4 is 34.2 Å². The number of rotatable bonds is 6. The lowest BCUT2D eigenvalue weighted by Crippen LogP contribution is -2.19. The number of carbonyl (C=O) groups excluding carboxylic acids is 2. The summed E-state index contributed by atoms with van der Waals surface area (Å²) in [5, 5.41) is 3.46. The predicted molar refractivity (Wildman–Crippen MR) is 117 cm³/mol. The van der Waals surface area contributed by atoms with E-state index in [9.17, 15) is 9.59 Å². The van der Waals surface area contributed by atoms with Crippen molar-refractivity contribution in [3.8, 4) is 0 Å². The van der Waals surface area contributed by atoms with Crippen LogP contribution in [0.15, 0.2) is 30.3 Å². The highest BCUT2D eigenvalue weighted by molar-refractivity contribution is 7.17. The first-order valence-electron chi connectivity index (χ1n) is 9.92. The van der Waals surface area contributed by atoms with Gasteiger partial charge < -0.3 is 11.1 Å². The average Bonchev–Trinajstić information content (AvgIpc) is 3.03. The molecular formula is C23H28N2O2S. The van der Waals surface area contributed by atoms with E-state index in [0.717, 1.165) is 36.8 Å².